The normalized spacial score (nSPS) is 10.9. The number of hydrogen-bond donors (Lipinski definition) is 0. The Balaban J connectivity index is 2.15. The van der Waals surface area contributed by atoms with E-state index in [1.807, 2.05) is 6.08 Å². The van der Waals surface area contributed by atoms with Gasteiger partial charge in [0.15, 0.2) is 0 Å². The highest BCUT2D eigenvalue weighted by Gasteiger charge is 1.99. The Bertz CT molecular complexity index is 633. The lowest BCUT2D eigenvalue weighted by atomic mass is 10.0. The Morgan fingerprint density at radius 2 is 1.75 bits per heavy atom. The van der Waals surface area contributed by atoms with E-state index in [9.17, 15) is 0 Å². The van der Waals surface area contributed by atoms with Crippen LogP contribution in [-0.2, 0) is 6.42 Å². The average Bonchev–Trinajstić information content (AvgIpc) is 2.46. The number of rotatable bonds is 4. The maximum Gasteiger partial charge on any atom is 0.0449 e. The van der Waals surface area contributed by atoms with Gasteiger partial charge in [-0.1, -0.05) is 73.2 Å². The first-order valence-electron chi connectivity index (χ1n) is 6.98. The molecule has 0 saturated heterocycles. The van der Waals surface area contributed by atoms with Crippen molar-refractivity contribution in [1.82, 2.24) is 0 Å². The molecule has 0 saturated carbocycles. The summed E-state index contributed by atoms with van der Waals surface area (Å²) in [6.45, 7) is 6.40. The molecule has 0 aliphatic heterocycles. The first-order chi connectivity index (χ1) is 9.60. The summed E-state index contributed by atoms with van der Waals surface area (Å²) in [6.07, 6.45) is 5.18. The molecule has 0 spiro atoms. The van der Waals surface area contributed by atoms with Crippen LogP contribution >= 0.6 is 12.2 Å². The molecule has 0 atom stereocenters. The minimum Gasteiger partial charge on any atom is -0.0795 e. The van der Waals surface area contributed by atoms with Gasteiger partial charge in [0.05, 0.1) is 0 Å². The predicted octanol–water partition coefficient (Wildman–Crippen LogP) is 5.30. The first-order valence-corrected chi connectivity index (χ1v) is 7.39. The second-order valence-corrected chi connectivity index (χ2v) is 5.55. The van der Waals surface area contributed by atoms with Crippen molar-refractivity contribution in [2.75, 3.05) is 0 Å². The van der Waals surface area contributed by atoms with Crippen LogP contribution in [0.15, 0.2) is 48.5 Å². The van der Waals surface area contributed by atoms with E-state index in [1.165, 1.54) is 22.3 Å². The van der Waals surface area contributed by atoms with Crippen LogP contribution in [0, 0.1) is 13.8 Å². The summed E-state index contributed by atoms with van der Waals surface area (Å²) >= 11 is 5.48. The van der Waals surface area contributed by atoms with Crippen molar-refractivity contribution in [3.8, 4) is 0 Å². The van der Waals surface area contributed by atoms with Gasteiger partial charge in [0.2, 0.25) is 0 Å². The fourth-order valence-electron chi connectivity index (χ4n) is 2.18. The summed E-state index contributed by atoms with van der Waals surface area (Å²) in [6, 6.07) is 15.0. The van der Waals surface area contributed by atoms with Crippen molar-refractivity contribution in [1.29, 1.82) is 0 Å². The third kappa shape index (κ3) is 3.64. The zero-order valence-corrected chi connectivity index (χ0v) is 13.1. The zero-order chi connectivity index (χ0) is 14.5. The van der Waals surface area contributed by atoms with Gasteiger partial charge < -0.3 is 0 Å². The molecule has 0 aliphatic carbocycles. The Morgan fingerprint density at radius 3 is 2.35 bits per heavy atom. The number of thiocarbonyl (C=S) groups is 1. The summed E-state index contributed by atoms with van der Waals surface area (Å²) in [7, 11) is 0. The van der Waals surface area contributed by atoms with E-state index in [2.05, 4.69) is 69.3 Å². The van der Waals surface area contributed by atoms with Crippen molar-refractivity contribution in [2.45, 2.75) is 27.2 Å². The number of hydrogen-bond acceptors (Lipinski definition) is 1. The molecule has 2 rings (SSSR count). The highest BCUT2D eigenvalue weighted by Crippen LogP contribution is 2.14. The van der Waals surface area contributed by atoms with Crippen molar-refractivity contribution in [3.05, 3.63) is 76.4 Å². The van der Waals surface area contributed by atoms with Crippen molar-refractivity contribution in [3.63, 3.8) is 0 Å². The molecule has 2 aromatic rings. The first kappa shape index (κ1) is 14.7. The fourth-order valence-corrected chi connectivity index (χ4v) is 2.38. The van der Waals surface area contributed by atoms with Crippen LogP contribution in [0.2, 0.25) is 0 Å². The number of allylic oxidation sites excluding steroid dienone is 1. The van der Waals surface area contributed by atoms with Gasteiger partial charge in [-0.25, -0.2) is 0 Å². The highest BCUT2D eigenvalue weighted by atomic mass is 32.1. The van der Waals surface area contributed by atoms with Crippen LogP contribution < -0.4 is 0 Å². The van der Waals surface area contributed by atoms with E-state index in [0.717, 1.165) is 16.8 Å². The van der Waals surface area contributed by atoms with Crippen LogP contribution in [0.5, 0.6) is 0 Å². The smallest absolute Gasteiger partial charge is 0.0449 e. The van der Waals surface area contributed by atoms with E-state index < -0.39 is 0 Å². The molecular weight excluding hydrogens is 260 g/mol. The molecule has 0 unspecified atom stereocenters. The fraction of sp³-hybridized carbons (Fsp3) is 0.211. The second kappa shape index (κ2) is 6.62. The summed E-state index contributed by atoms with van der Waals surface area (Å²) < 4.78 is 0. The molecular formula is C19H20S. The maximum absolute atomic E-state index is 5.48. The van der Waals surface area contributed by atoms with Crippen molar-refractivity contribution >= 4 is 23.2 Å². The third-order valence-electron chi connectivity index (χ3n) is 3.49. The molecule has 0 aliphatic rings. The molecule has 20 heavy (non-hydrogen) atoms. The number of benzene rings is 2. The molecule has 0 heterocycles. The molecule has 0 nitrogen and oxygen atoms in total. The predicted molar refractivity (Wildman–Crippen MR) is 92.5 cm³/mol. The van der Waals surface area contributed by atoms with Gasteiger partial charge in [-0.05, 0) is 48.6 Å². The highest BCUT2D eigenvalue weighted by molar-refractivity contribution is 7.81. The summed E-state index contributed by atoms with van der Waals surface area (Å²) in [5.41, 5.74) is 6.25. The van der Waals surface area contributed by atoms with E-state index in [4.69, 9.17) is 12.2 Å². The van der Waals surface area contributed by atoms with E-state index in [-0.39, 0.29) is 0 Å². The molecule has 0 bridgehead atoms. The van der Waals surface area contributed by atoms with Gasteiger partial charge in [0.25, 0.3) is 0 Å². The van der Waals surface area contributed by atoms with E-state index in [0.29, 0.717) is 0 Å². The molecule has 2 aromatic carbocycles. The third-order valence-corrected chi connectivity index (χ3v) is 3.86. The lowest BCUT2D eigenvalue weighted by molar-refractivity contribution is 1.14. The van der Waals surface area contributed by atoms with Gasteiger partial charge in [0.1, 0.15) is 0 Å². The molecule has 0 amide bonds. The molecule has 102 valence electrons. The molecule has 0 fully saturated rings. The van der Waals surface area contributed by atoms with Gasteiger partial charge in [-0.15, -0.1) is 0 Å². The van der Waals surface area contributed by atoms with Gasteiger partial charge in [-0.2, -0.15) is 0 Å². The standard InChI is InChI=1S/C19H20S/c1-4-16-6-9-18(10-7-16)19(20)12-11-17-8-5-14(2)13-15(17)3/h5-13H,4H2,1-3H3. The largest absolute Gasteiger partial charge is 0.0795 e. The average molecular weight is 280 g/mol. The SMILES string of the molecule is CCc1ccc(C(=S)C=Cc2ccc(C)cc2C)cc1. The Morgan fingerprint density at radius 1 is 1.05 bits per heavy atom. The van der Waals surface area contributed by atoms with Crippen LogP contribution in [0.25, 0.3) is 6.08 Å². The summed E-state index contributed by atoms with van der Waals surface area (Å²) in [5.74, 6) is 0. The van der Waals surface area contributed by atoms with Crippen molar-refractivity contribution in [2.24, 2.45) is 0 Å². The van der Waals surface area contributed by atoms with E-state index >= 15 is 0 Å². The van der Waals surface area contributed by atoms with E-state index in [1.54, 1.807) is 0 Å². The zero-order valence-electron chi connectivity index (χ0n) is 12.3. The van der Waals surface area contributed by atoms with Gasteiger partial charge >= 0.3 is 0 Å². The topological polar surface area (TPSA) is 0 Å². The molecule has 1 heteroatoms. The molecule has 0 N–H and O–H groups in total. The second-order valence-electron chi connectivity index (χ2n) is 5.11. The van der Waals surface area contributed by atoms with Crippen molar-refractivity contribution < 1.29 is 0 Å². The van der Waals surface area contributed by atoms with Crippen LogP contribution in [-0.4, -0.2) is 4.86 Å². The quantitative estimate of drug-likeness (QED) is 0.416. The Labute approximate surface area is 127 Å². The van der Waals surface area contributed by atoms with Crippen LogP contribution in [0.4, 0.5) is 0 Å². The summed E-state index contributed by atoms with van der Waals surface area (Å²) in [5, 5.41) is 0. The van der Waals surface area contributed by atoms with Gasteiger partial charge in [0, 0.05) is 4.86 Å². The molecule has 0 radical (unpaired) electrons. The maximum atomic E-state index is 5.48. The lowest BCUT2D eigenvalue weighted by Crippen LogP contribution is -1.93. The molecule has 0 aromatic heterocycles. The van der Waals surface area contributed by atoms with Crippen LogP contribution in [0.3, 0.4) is 0 Å². The lowest BCUT2D eigenvalue weighted by Gasteiger charge is -2.03. The summed E-state index contributed by atoms with van der Waals surface area (Å²) in [4.78, 5) is 0.882. The Hall–Kier alpha value is -1.73. The minimum atomic E-state index is 0.882. The minimum absolute atomic E-state index is 0.882. The van der Waals surface area contributed by atoms with Crippen LogP contribution in [0.1, 0.15) is 34.7 Å². The monoisotopic (exact) mass is 280 g/mol. The van der Waals surface area contributed by atoms with Gasteiger partial charge in [-0.3, -0.25) is 0 Å². The number of aryl methyl sites for hydroxylation is 3. The Kier molecular flexibility index (Phi) is 4.86.